The molecule has 0 saturated carbocycles. The second kappa shape index (κ2) is 9.05. The molecule has 1 fully saturated rings. The maximum Gasteiger partial charge on any atom is 0.418 e. The molecule has 1 amide bonds. The third-order valence-electron chi connectivity index (χ3n) is 5.54. The first-order valence-corrected chi connectivity index (χ1v) is 10.3. The number of halogens is 4. The van der Waals surface area contributed by atoms with Crippen LogP contribution in [0, 0.1) is 11.7 Å². The summed E-state index contributed by atoms with van der Waals surface area (Å²) in [7, 11) is 0. The van der Waals surface area contributed by atoms with Gasteiger partial charge in [0.2, 0.25) is 5.91 Å². The van der Waals surface area contributed by atoms with Crippen LogP contribution in [0.15, 0.2) is 65.5 Å². The highest BCUT2D eigenvalue weighted by Gasteiger charge is 2.34. The number of hydrogen-bond donors (Lipinski definition) is 1. The maximum atomic E-state index is 13.2. The van der Waals surface area contributed by atoms with Gasteiger partial charge in [-0.05, 0) is 55.3 Å². The molecule has 172 valence electrons. The molecule has 1 aromatic heterocycles. The van der Waals surface area contributed by atoms with E-state index in [1.807, 2.05) is 4.90 Å². The molecule has 33 heavy (non-hydrogen) atoms. The highest BCUT2D eigenvalue weighted by atomic mass is 19.4. The lowest BCUT2D eigenvalue weighted by molar-refractivity contribution is -0.137. The summed E-state index contributed by atoms with van der Waals surface area (Å²) in [5.41, 5.74) is -1.10. The van der Waals surface area contributed by atoms with Gasteiger partial charge < -0.3 is 10.2 Å². The summed E-state index contributed by atoms with van der Waals surface area (Å²) >= 11 is 0. The summed E-state index contributed by atoms with van der Waals surface area (Å²) in [5.74, 6) is -0.831. The summed E-state index contributed by atoms with van der Waals surface area (Å²) in [5, 5.41) is 6.77. The van der Waals surface area contributed by atoms with E-state index in [4.69, 9.17) is 0 Å². The Labute approximate surface area is 186 Å². The van der Waals surface area contributed by atoms with Gasteiger partial charge in [0, 0.05) is 25.1 Å². The van der Waals surface area contributed by atoms with Gasteiger partial charge in [-0.2, -0.15) is 17.9 Å². The van der Waals surface area contributed by atoms with Crippen LogP contribution < -0.4 is 15.8 Å². The van der Waals surface area contributed by atoms with E-state index in [0.717, 1.165) is 6.07 Å². The van der Waals surface area contributed by atoms with Gasteiger partial charge in [-0.3, -0.25) is 9.59 Å². The van der Waals surface area contributed by atoms with Crippen LogP contribution >= 0.6 is 0 Å². The Hall–Kier alpha value is -3.69. The summed E-state index contributed by atoms with van der Waals surface area (Å²) < 4.78 is 53.9. The second-order valence-corrected chi connectivity index (χ2v) is 7.71. The molecule has 6 nitrogen and oxygen atoms in total. The van der Waals surface area contributed by atoms with Crippen molar-refractivity contribution in [3.63, 3.8) is 0 Å². The molecule has 0 atom stereocenters. The van der Waals surface area contributed by atoms with Gasteiger partial charge in [-0.1, -0.05) is 12.1 Å². The van der Waals surface area contributed by atoms with Crippen LogP contribution in [0.5, 0.6) is 0 Å². The zero-order valence-corrected chi connectivity index (χ0v) is 17.3. The molecule has 2 heterocycles. The number of benzene rings is 2. The Morgan fingerprint density at radius 1 is 0.970 bits per heavy atom. The topological polar surface area (TPSA) is 67.2 Å². The summed E-state index contributed by atoms with van der Waals surface area (Å²) in [6, 6.07) is 13.2. The van der Waals surface area contributed by atoms with E-state index in [2.05, 4.69) is 10.4 Å². The van der Waals surface area contributed by atoms with Crippen LogP contribution in [0.1, 0.15) is 18.4 Å². The number of hydrogen-bond acceptors (Lipinski definition) is 4. The largest absolute Gasteiger partial charge is 0.418 e. The molecule has 1 saturated heterocycles. The molecule has 10 heteroatoms. The number of nitrogens with one attached hydrogen (secondary N) is 1. The van der Waals surface area contributed by atoms with E-state index in [9.17, 15) is 27.2 Å². The normalized spacial score (nSPS) is 14.8. The number of rotatable bonds is 4. The number of anilines is 2. The monoisotopic (exact) mass is 460 g/mol. The van der Waals surface area contributed by atoms with E-state index in [1.54, 1.807) is 6.07 Å². The minimum absolute atomic E-state index is 0.259. The Balaban J connectivity index is 1.43. The maximum absolute atomic E-state index is 13.2. The molecule has 0 bridgehead atoms. The van der Waals surface area contributed by atoms with Gasteiger partial charge in [-0.15, -0.1) is 5.10 Å². The first-order chi connectivity index (χ1) is 15.7. The second-order valence-electron chi connectivity index (χ2n) is 7.71. The number of para-hydroxylation sites is 1. The highest BCUT2D eigenvalue weighted by Crippen LogP contribution is 2.35. The molecule has 0 unspecified atom stereocenters. The first-order valence-electron chi connectivity index (χ1n) is 10.3. The average Bonchev–Trinajstić information content (AvgIpc) is 2.80. The lowest BCUT2D eigenvalue weighted by Gasteiger charge is -2.32. The number of aromatic nitrogens is 2. The van der Waals surface area contributed by atoms with Gasteiger partial charge in [0.1, 0.15) is 11.6 Å². The zero-order valence-electron chi connectivity index (χ0n) is 17.3. The smallest absolute Gasteiger partial charge is 0.355 e. The van der Waals surface area contributed by atoms with Crippen LogP contribution in [0.4, 0.5) is 29.1 Å². The van der Waals surface area contributed by atoms with Crippen molar-refractivity contribution < 1.29 is 22.4 Å². The van der Waals surface area contributed by atoms with Crippen molar-refractivity contribution >= 4 is 17.4 Å². The number of piperidine rings is 1. The molecule has 0 radical (unpaired) electrons. The van der Waals surface area contributed by atoms with Crippen molar-refractivity contribution in [2.45, 2.75) is 19.0 Å². The van der Waals surface area contributed by atoms with Crippen molar-refractivity contribution in [2.24, 2.45) is 5.92 Å². The molecule has 4 rings (SSSR count). The lowest BCUT2D eigenvalue weighted by atomic mass is 9.95. The van der Waals surface area contributed by atoms with Gasteiger partial charge >= 0.3 is 6.18 Å². The minimum Gasteiger partial charge on any atom is -0.355 e. The predicted molar refractivity (Wildman–Crippen MR) is 115 cm³/mol. The molecule has 1 aliphatic heterocycles. The van der Waals surface area contributed by atoms with Crippen molar-refractivity contribution in [1.29, 1.82) is 0 Å². The van der Waals surface area contributed by atoms with Crippen molar-refractivity contribution in [3.05, 3.63) is 82.4 Å². The van der Waals surface area contributed by atoms with Gasteiger partial charge in [0.25, 0.3) is 5.56 Å². The Bertz CT molecular complexity index is 1200. The zero-order chi connectivity index (χ0) is 23.6. The van der Waals surface area contributed by atoms with Gasteiger partial charge in [0.05, 0.1) is 16.9 Å². The Morgan fingerprint density at radius 2 is 1.64 bits per heavy atom. The fourth-order valence-electron chi connectivity index (χ4n) is 3.78. The van der Waals surface area contributed by atoms with E-state index in [0.29, 0.717) is 37.4 Å². The number of nitrogens with zero attached hydrogens (tertiary/aromatic N) is 3. The van der Waals surface area contributed by atoms with E-state index < -0.39 is 29.4 Å². The van der Waals surface area contributed by atoms with E-state index >= 15 is 0 Å². The number of carbonyl (C=O) groups excluding carboxylic acids is 1. The quantitative estimate of drug-likeness (QED) is 0.592. The van der Waals surface area contributed by atoms with Crippen LogP contribution in [0.3, 0.4) is 0 Å². The highest BCUT2D eigenvalue weighted by molar-refractivity contribution is 5.93. The van der Waals surface area contributed by atoms with Crippen LogP contribution in [0.25, 0.3) is 5.69 Å². The molecular weight excluding hydrogens is 440 g/mol. The third-order valence-corrected chi connectivity index (χ3v) is 5.54. The predicted octanol–water partition coefficient (Wildman–Crippen LogP) is 4.25. The average molecular weight is 460 g/mol. The standard InChI is InChI=1S/C23H20F4N4O2/c24-16-5-7-17(8-6-16)31-21(32)10-9-20(29-31)30-13-11-15(12-14-30)22(33)28-19-4-2-1-3-18(19)23(25,26)27/h1-10,15H,11-14H2,(H,28,33). The lowest BCUT2D eigenvalue weighted by Crippen LogP contribution is -2.39. The minimum atomic E-state index is -4.56. The summed E-state index contributed by atoms with van der Waals surface area (Å²) in [6.07, 6.45) is -3.73. The third kappa shape index (κ3) is 5.05. The molecule has 1 N–H and O–H groups in total. The number of alkyl halides is 3. The fourth-order valence-corrected chi connectivity index (χ4v) is 3.78. The van der Waals surface area contributed by atoms with Gasteiger partial charge in [-0.25, -0.2) is 4.39 Å². The number of amides is 1. The summed E-state index contributed by atoms with van der Waals surface area (Å²) in [6.45, 7) is 0.876. The van der Waals surface area contributed by atoms with E-state index in [-0.39, 0.29) is 11.2 Å². The van der Waals surface area contributed by atoms with Crippen LogP contribution in [0.2, 0.25) is 0 Å². The number of carbonyl (C=O) groups is 1. The molecule has 2 aromatic carbocycles. The van der Waals surface area contributed by atoms with Crippen molar-refractivity contribution in [3.8, 4) is 5.69 Å². The summed E-state index contributed by atoms with van der Waals surface area (Å²) in [4.78, 5) is 26.7. The molecule has 1 aliphatic rings. The van der Waals surface area contributed by atoms with Crippen molar-refractivity contribution in [2.75, 3.05) is 23.3 Å². The Kier molecular flexibility index (Phi) is 6.17. The SMILES string of the molecule is O=C(Nc1ccccc1C(F)(F)F)C1CCN(c2ccc(=O)n(-c3ccc(F)cc3)n2)CC1. The Morgan fingerprint density at radius 3 is 2.30 bits per heavy atom. The fraction of sp³-hybridized carbons (Fsp3) is 0.261. The van der Waals surface area contributed by atoms with Crippen LogP contribution in [-0.4, -0.2) is 28.8 Å². The van der Waals surface area contributed by atoms with Gasteiger partial charge in [0.15, 0.2) is 0 Å². The molecule has 0 spiro atoms. The molecule has 3 aromatic rings. The van der Waals surface area contributed by atoms with E-state index in [1.165, 1.54) is 53.2 Å². The van der Waals surface area contributed by atoms with Crippen LogP contribution in [-0.2, 0) is 11.0 Å². The molecule has 0 aliphatic carbocycles. The molecular formula is C23H20F4N4O2. The van der Waals surface area contributed by atoms with Crippen molar-refractivity contribution in [1.82, 2.24) is 9.78 Å². The first kappa shape index (κ1) is 22.5.